The van der Waals surface area contributed by atoms with Gasteiger partial charge >= 0.3 is 0 Å². The van der Waals surface area contributed by atoms with Gasteiger partial charge in [0, 0.05) is 16.4 Å². The van der Waals surface area contributed by atoms with E-state index in [9.17, 15) is 0 Å². The van der Waals surface area contributed by atoms with Crippen molar-refractivity contribution in [2.75, 3.05) is 5.32 Å². The highest BCUT2D eigenvalue weighted by molar-refractivity contribution is 7.80. The van der Waals surface area contributed by atoms with Gasteiger partial charge in [0.15, 0.2) is 0 Å². The van der Waals surface area contributed by atoms with Gasteiger partial charge in [-0.15, -0.1) is 0 Å². The van der Waals surface area contributed by atoms with E-state index in [-0.39, 0.29) is 0 Å². The van der Waals surface area contributed by atoms with Crippen molar-refractivity contribution in [2.45, 2.75) is 13.8 Å². The average molecular weight is 292 g/mol. The standard InChI is InChI=1S/C14H14ClN3S/c1-8-6-7-10(13(16)19)14(17-8)18-12-5-3-4-11(15)9(12)2/h3-7H,1-2H3,(H2,16,19)(H,17,18). The van der Waals surface area contributed by atoms with Gasteiger partial charge in [-0.05, 0) is 43.7 Å². The Hall–Kier alpha value is -1.65. The second kappa shape index (κ2) is 5.55. The molecular weight excluding hydrogens is 278 g/mol. The molecule has 1 heterocycles. The zero-order chi connectivity index (χ0) is 14.0. The van der Waals surface area contributed by atoms with Crippen molar-refractivity contribution in [1.29, 1.82) is 0 Å². The first-order chi connectivity index (χ1) is 8.99. The highest BCUT2D eigenvalue weighted by Crippen LogP contribution is 2.27. The van der Waals surface area contributed by atoms with Crippen LogP contribution in [-0.2, 0) is 0 Å². The van der Waals surface area contributed by atoms with Gasteiger partial charge in [0.25, 0.3) is 0 Å². The molecule has 98 valence electrons. The van der Waals surface area contributed by atoms with Gasteiger partial charge < -0.3 is 11.1 Å². The molecule has 0 spiro atoms. The van der Waals surface area contributed by atoms with E-state index < -0.39 is 0 Å². The van der Waals surface area contributed by atoms with Crippen LogP contribution in [0.1, 0.15) is 16.8 Å². The summed E-state index contributed by atoms with van der Waals surface area (Å²) < 4.78 is 0. The van der Waals surface area contributed by atoms with Gasteiger partial charge in [0.05, 0.1) is 5.56 Å². The van der Waals surface area contributed by atoms with Gasteiger partial charge in [0.2, 0.25) is 0 Å². The smallest absolute Gasteiger partial charge is 0.140 e. The maximum Gasteiger partial charge on any atom is 0.140 e. The van der Waals surface area contributed by atoms with E-state index in [0.29, 0.717) is 15.8 Å². The summed E-state index contributed by atoms with van der Waals surface area (Å²) in [6, 6.07) is 9.42. The Morgan fingerprint density at radius 1 is 1.26 bits per heavy atom. The third kappa shape index (κ3) is 3.03. The minimum atomic E-state index is 0.315. The number of nitrogens with two attached hydrogens (primary N) is 1. The molecule has 0 fully saturated rings. The number of benzene rings is 1. The van der Waals surface area contributed by atoms with Crippen molar-refractivity contribution in [3.63, 3.8) is 0 Å². The molecule has 0 aliphatic carbocycles. The van der Waals surface area contributed by atoms with Crippen LogP contribution in [0.5, 0.6) is 0 Å². The molecule has 5 heteroatoms. The lowest BCUT2D eigenvalue weighted by molar-refractivity contribution is 1.19. The van der Waals surface area contributed by atoms with Gasteiger partial charge in [-0.1, -0.05) is 29.9 Å². The lowest BCUT2D eigenvalue weighted by Crippen LogP contribution is -2.13. The number of nitrogens with one attached hydrogen (secondary N) is 1. The summed E-state index contributed by atoms with van der Waals surface area (Å²) in [5.41, 5.74) is 9.18. The van der Waals surface area contributed by atoms with Crippen molar-refractivity contribution in [3.05, 3.63) is 52.2 Å². The summed E-state index contributed by atoms with van der Waals surface area (Å²) in [5.74, 6) is 0.651. The van der Waals surface area contributed by atoms with Gasteiger partial charge in [-0.3, -0.25) is 0 Å². The third-order valence-corrected chi connectivity index (χ3v) is 3.45. The first-order valence-electron chi connectivity index (χ1n) is 5.78. The van der Waals surface area contributed by atoms with E-state index in [1.54, 1.807) is 0 Å². The SMILES string of the molecule is Cc1ccc(C(N)=S)c(Nc2cccc(Cl)c2C)n1. The summed E-state index contributed by atoms with van der Waals surface area (Å²) in [4.78, 5) is 4.75. The minimum absolute atomic E-state index is 0.315. The summed E-state index contributed by atoms with van der Waals surface area (Å²) in [6.45, 7) is 3.86. The first kappa shape index (κ1) is 13.8. The monoisotopic (exact) mass is 291 g/mol. The predicted octanol–water partition coefficient (Wildman–Crippen LogP) is 3.73. The summed E-state index contributed by atoms with van der Waals surface area (Å²) in [7, 11) is 0. The van der Waals surface area contributed by atoms with Crippen LogP contribution in [-0.4, -0.2) is 9.97 Å². The Kier molecular flexibility index (Phi) is 4.02. The van der Waals surface area contributed by atoms with Crippen LogP contribution in [0.15, 0.2) is 30.3 Å². The number of nitrogens with zero attached hydrogens (tertiary/aromatic N) is 1. The normalized spacial score (nSPS) is 10.3. The maximum absolute atomic E-state index is 6.10. The molecular formula is C14H14ClN3S. The number of halogens is 1. The zero-order valence-corrected chi connectivity index (χ0v) is 12.3. The zero-order valence-electron chi connectivity index (χ0n) is 10.7. The molecule has 0 unspecified atom stereocenters. The topological polar surface area (TPSA) is 50.9 Å². The lowest BCUT2D eigenvalue weighted by Gasteiger charge is -2.13. The second-order valence-electron chi connectivity index (χ2n) is 4.25. The first-order valence-corrected chi connectivity index (χ1v) is 6.57. The Morgan fingerprint density at radius 2 is 2.00 bits per heavy atom. The summed E-state index contributed by atoms with van der Waals surface area (Å²) in [5, 5.41) is 3.94. The van der Waals surface area contributed by atoms with Crippen LogP contribution >= 0.6 is 23.8 Å². The summed E-state index contributed by atoms with van der Waals surface area (Å²) in [6.07, 6.45) is 0. The molecule has 0 aliphatic rings. The molecule has 1 aromatic heterocycles. The van der Waals surface area contributed by atoms with E-state index in [1.807, 2.05) is 44.2 Å². The van der Waals surface area contributed by atoms with E-state index in [1.165, 1.54) is 0 Å². The van der Waals surface area contributed by atoms with Crippen molar-refractivity contribution in [2.24, 2.45) is 5.73 Å². The van der Waals surface area contributed by atoms with Crippen LogP contribution in [0.25, 0.3) is 0 Å². The molecule has 0 bridgehead atoms. The van der Waals surface area contributed by atoms with E-state index in [2.05, 4.69) is 10.3 Å². The van der Waals surface area contributed by atoms with Gasteiger partial charge in [-0.25, -0.2) is 4.98 Å². The molecule has 0 aliphatic heterocycles. The van der Waals surface area contributed by atoms with Crippen molar-refractivity contribution < 1.29 is 0 Å². The van der Waals surface area contributed by atoms with Crippen LogP contribution in [0, 0.1) is 13.8 Å². The van der Waals surface area contributed by atoms with Crippen LogP contribution in [0.3, 0.4) is 0 Å². The van der Waals surface area contributed by atoms with E-state index >= 15 is 0 Å². The molecule has 0 radical (unpaired) electrons. The predicted molar refractivity (Wildman–Crippen MR) is 84.3 cm³/mol. The minimum Gasteiger partial charge on any atom is -0.389 e. The number of hydrogen-bond donors (Lipinski definition) is 2. The molecule has 19 heavy (non-hydrogen) atoms. The van der Waals surface area contributed by atoms with Gasteiger partial charge in [-0.2, -0.15) is 0 Å². The number of hydrogen-bond acceptors (Lipinski definition) is 3. The molecule has 2 rings (SSSR count). The maximum atomic E-state index is 6.10. The number of rotatable bonds is 3. The number of thiocarbonyl (C=S) groups is 1. The fourth-order valence-corrected chi connectivity index (χ4v) is 2.06. The van der Waals surface area contributed by atoms with Gasteiger partial charge in [0.1, 0.15) is 10.8 Å². The Bertz CT molecular complexity index is 641. The number of aromatic nitrogens is 1. The Balaban J connectivity index is 2.45. The molecule has 3 N–H and O–H groups in total. The fraction of sp³-hybridized carbons (Fsp3) is 0.143. The molecule has 0 saturated heterocycles. The largest absolute Gasteiger partial charge is 0.389 e. The fourth-order valence-electron chi connectivity index (χ4n) is 1.72. The van der Waals surface area contributed by atoms with E-state index in [0.717, 1.165) is 22.5 Å². The van der Waals surface area contributed by atoms with Crippen LogP contribution in [0.4, 0.5) is 11.5 Å². The van der Waals surface area contributed by atoms with Crippen LogP contribution < -0.4 is 11.1 Å². The highest BCUT2D eigenvalue weighted by atomic mass is 35.5. The number of pyridine rings is 1. The molecule has 0 saturated carbocycles. The molecule has 2 aromatic rings. The molecule has 0 atom stereocenters. The molecule has 3 nitrogen and oxygen atoms in total. The lowest BCUT2D eigenvalue weighted by atomic mass is 10.2. The quantitative estimate of drug-likeness (QED) is 0.846. The molecule has 1 aromatic carbocycles. The Labute approximate surface area is 122 Å². The second-order valence-corrected chi connectivity index (χ2v) is 5.10. The molecule has 0 amide bonds. The van der Waals surface area contributed by atoms with E-state index in [4.69, 9.17) is 29.6 Å². The number of anilines is 2. The number of aryl methyl sites for hydroxylation is 1. The third-order valence-electron chi connectivity index (χ3n) is 2.82. The highest BCUT2D eigenvalue weighted by Gasteiger charge is 2.09. The summed E-state index contributed by atoms with van der Waals surface area (Å²) >= 11 is 11.1. The van der Waals surface area contributed by atoms with Crippen LogP contribution in [0.2, 0.25) is 5.02 Å². The van der Waals surface area contributed by atoms with Crippen molar-refractivity contribution in [3.8, 4) is 0 Å². The van der Waals surface area contributed by atoms with Crippen molar-refractivity contribution in [1.82, 2.24) is 4.98 Å². The average Bonchev–Trinajstić information content (AvgIpc) is 2.35. The Morgan fingerprint density at radius 3 is 2.68 bits per heavy atom. The van der Waals surface area contributed by atoms with Crippen molar-refractivity contribution >= 4 is 40.3 Å².